The number of imidazole rings is 1. The van der Waals surface area contributed by atoms with Gasteiger partial charge in [-0.25, -0.2) is 9.98 Å². The standard InChI is InChI=1S/C18H14N4O2/c1-10-6-17(23)22-15-8-12(3-4-13(10)15)21-18(24)11-2-5-14-16(7-11)20-9-19-14/h2-9,13H,1H3,(H,19,20)(H,22,23). The number of benzene rings is 1. The number of aliphatic imine (C=N–C) groups is 1. The molecule has 1 unspecified atom stereocenters. The van der Waals surface area contributed by atoms with Gasteiger partial charge >= 0.3 is 0 Å². The van der Waals surface area contributed by atoms with Crippen LogP contribution in [0.1, 0.15) is 17.3 Å². The van der Waals surface area contributed by atoms with Gasteiger partial charge in [-0.1, -0.05) is 11.6 Å². The largest absolute Gasteiger partial charge is 0.345 e. The average Bonchev–Trinajstić information content (AvgIpc) is 3.01. The molecule has 0 fully saturated rings. The van der Waals surface area contributed by atoms with Crippen LogP contribution in [-0.2, 0) is 4.79 Å². The lowest BCUT2D eigenvalue weighted by Gasteiger charge is -2.25. The zero-order valence-corrected chi connectivity index (χ0v) is 12.9. The number of amides is 2. The van der Waals surface area contributed by atoms with E-state index in [9.17, 15) is 9.59 Å². The average molecular weight is 318 g/mol. The molecular weight excluding hydrogens is 304 g/mol. The van der Waals surface area contributed by atoms with Crippen LogP contribution in [0, 0.1) is 5.92 Å². The van der Waals surface area contributed by atoms with Gasteiger partial charge in [0.2, 0.25) is 5.91 Å². The molecule has 1 aliphatic heterocycles. The van der Waals surface area contributed by atoms with Crippen molar-refractivity contribution in [2.45, 2.75) is 6.92 Å². The number of aromatic nitrogens is 2. The van der Waals surface area contributed by atoms with E-state index in [1.807, 2.05) is 13.0 Å². The Morgan fingerprint density at radius 1 is 1.29 bits per heavy atom. The number of carbonyl (C=O) groups is 2. The molecule has 2 amide bonds. The maximum atomic E-state index is 12.4. The van der Waals surface area contributed by atoms with Gasteiger partial charge in [0.05, 0.1) is 23.1 Å². The molecule has 24 heavy (non-hydrogen) atoms. The Hall–Kier alpha value is -3.28. The Bertz CT molecular complexity index is 991. The Morgan fingerprint density at radius 3 is 3.04 bits per heavy atom. The van der Waals surface area contributed by atoms with E-state index in [-0.39, 0.29) is 17.7 Å². The Labute approximate surface area is 137 Å². The summed E-state index contributed by atoms with van der Waals surface area (Å²) >= 11 is 0. The van der Waals surface area contributed by atoms with E-state index in [2.05, 4.69) is 20.3 Å². The van der Waals surface area contributed by atoms with Crippen LogP contribution in [0.25, 0.3) is 11.0 Å². The van der Waals surface area contributed by atoms with Gasteiger partial charge in [0.1, 0.15) is 0 Å². The number of carbonyl (C=O) groups excluding carboxylic acids is 2. The zero-order chi connectivity index (χ0) is 16.7. The fourth-order valence-corrected chi connectivity index (χ4v) is 2.90. The van der Waals surface area contributed by atoms with E-state index >= 15 is 0 Å². The SMILES string of the molecule is CC1=CC(=O)NC2=CC(=NC(=O)c3ccc4nc[nH]c4c3)C=CC12. The molecule has 2 heterocycles. The molecule has 1 aliphatic carbocycles. The predicted octanol–water partition coefficient (Wildman–Crippen LogP) is 2.29. The third kappa shape index (κ3) is 2.48. The first-order chi connectivity index (χ1) is 11.6. The van der Waals surface area contributed by atoms with Gasteiger partial charge < -0.3 is 10.3 Å². The summed E-state index contributed by atoms with van der Waals surface area (Å²) < 4.78 is 0. The van der Waals surface area contributed by atoms with Crippen LogP contribution in [0.2, 0.25) is 0 Å². The van der Waals surface area contributed by atoms with Crippen LogP contribution in [0.15, 0.2) is 65.1 Å². The summed E-state index contributed by atoms with van der Waals surface area (Å²) in [5.74, 6) is -0.449. The van der Waals surface area contributed by atoms with Gasteiger partial charge in [-0.3, -0.25) is 9.59 Å². The number of rotatable bonds is 1. The maximum absolute atomic E-state index is 12.4. The highest BCUT2D eigenvalue weighted by atomic mass is 16.2. The topological polar surface area (TPSA) is 87.2 Å². The molecule has 6 heteroatoms. The number of nitrogens with zero attached hydrogens (tertiary/aromatic N) is 2. The number of nitrogens with one attached hydrogen (secondary N) is 2. The number of hydrogen-bond acceptors (Lipinski definition) is 3. The monoisotopic (exact) mass is 318 g/mol. The minimum Gasteiger partial charge on any atom is -0.345 e. The van der Waals surface area contributed by atoms with Gasteiger partial charge in [0.15, 0.2) is 0 Å². The highest BCUT2D eigenvalue weighted by Gasteiger charge is 2.24. The molecular formula is C18H14N4O2. The summed E-state index contributed by atoms with van der Waals surface area (Å²) in [6.45, 7) is 1.91. The Kier molecular flexibility index (Phi) is 3.23. The Morgan fingerprint density at radius 2 is 2.17 bits per heavy atom. The van der Waals surface area contributed by atoms with E-state index in [4.69, 9.17) is 0 Å². The molecule has 1 aromatic heterocycles. The van der Waals surface area contributed by atoms with Gasteiger partial charge in [0.25, 0.3) is 5.91 Å². The lowest BCUT2D eigenvalue weighted by atomic mass is 9.89. The molecule has 0 spiro atoms. The van der Waals surface area contributed by atoms with Crippen LogP contribution < -0.4 is 5.32 Å². The van der Waals surface area contributed by atoms with Crippen molar-refractivity contribution in [3.05, 3.63) is 65.7 Å². The summed E-state index contributed by atoms with van der Waals surface area (Å²) in [6.07, 6.45) is 8.65. The summed E-state index contributed by atoms with van der Waals surface area (Å²) in [5, 5.41) is 2.80. The minimum absolute atomic E-state index is 0.0399. The molecule has 0 saturated carbocycles. The molecule has 2 N–H and O–H groups in total. The van der Waals surface area contributed by atoms with E-state index in [0.717, 1.165) is 22.3 Å². The summed E-state index contributed by atoms with van der Waals surface area (Å²) in [4.78, 5) is 35.2. The zero-order valence-electron chi connectivity index (χ0n) is 12.9. The van der Waals surface area contributed by atoms with Crippen LogP contribution in [0.3, 0.4) is 0 Å². The summed E-state index contributed by atoms with van der Waals surface area (Å²) in [7, 11) is 0. The molecule has 2 aromatic rings. The lowest BCUT2D eigenvalue weighted by Crippen LogP contribution is -2.32. The van der Waals surface area contributed by atoms with Crippen molar-refractivity contribution >= 4 is 28.6 Å². The number of aromatic amines is 1. The molecule has 118 valence electrons. The van der Waals surface area contributed by atoms with Crippen molar-refractivity contribution in [3.8, 4) is 0 Å². The van der Waals surface area contributed by atoms with Crippen LogP contribution in [0.5, 0.6) is 0 Å². The second-order valence-corrected chi connectivity index (χ2v) is 5.79. The second-order valence-electron chi connectivity index (χ2n) is 5.79. The lowest BCUT2D eigenvalue weighted by molar-refractivity contribution is -0.116. The van der Waals surface area contributed by atoms with E-state index in [1.165, 1.54) is 0 Å². The van der Waals surface area contributed by atoms with Crippen molar-refractivity contribution < 1.29 is 9.59 Å². The molecule has 0 bridgehead atoms. The highest BCUT2D eigenvalue weighted by Crippen LogP contribution is 2.26. The van der Waals surface area contributed by atoms with Crippen molar-refractivity contribution in [1.29, 1.82) is 0 Å². The quantitative estimate of drug-likeness (QED) is 0.845. The Balaban J connectivity index is 1.64. The smallest absolute Gasteiger partial charge is 0.277 e. The first kappa shape index (κ1) is 14.3. The molecule has 0 radical (unpaired) electrons. The third-order valence-corrected chi connectivity index (χ3v) is 4.11. The normalized spacial score (nSPS) is 21.3. The molecule has 4 rings (SSSR count). The predicted molar refractivity (Wildman–Crippen MR) is 90.5 cm³/mol. The molecule has 1 aromatic carbocycles. The number of hydrogen-bond donors (Lipinski definition) is 2. The minimum atomic E-state index is -0.337. The van der Waals surface area contributed by atoms with Gasteiger partial charge in [0, 0.05) is 23.3 Å². The van der Waals surface area contributed by atoms with Crippen molar-refractivity contribution in [3.63, 3.8) is 0 Å². The van der Waals surface area contributed by atoms with Gasteiger partial charge in [-0.05, 0) is 37.3 Å². The first-order valence-corrected chi connectivity index (χ1v) is 7.55. The molecule has 1 atom stereocenters. The number of H-pyrrole nitrogens is 1. The maximum Gasteiger partial charge on any atom is 0.277 e. The fourth-order valence-electron chi connectivity index (χ4n) is 2.90. The molecule has 2 aliphatic rings. The molecule has 0 saturated heterocycles. The van der Waals surface area contributed by atoms with Crippen LogP contribution in [0.4, 0.5) is 0 Å². The van der Waals surface area contributed by atoms with Gasteiger partial charge in [-0.15, -0.1) is 0 Å². The molecule has 6 nitrogen and oxygen atoms in total. The number of fused-ring (bicyclic) bond motifs is 2. The fraction of sp³-hybridized carbons (Fsp3) is 0.111. The van der Waals surface area contributed by atoms with Crippen molar-refractivity contribution in [2.75, 3.05) is 0 Å². The first-order valence-electron chi connectivity index (χ1n) is 7.55. The summed E-state index contributed by atoms with van der Waals surface area (Å²) in [5.41, 5.74) is 4.31. The van der Waals surface area contributed by atoms with Crippen LogP contribution in [-0.4, -0.2) is 27.5 Å². The second kappa shape index (κ2) is 5.42. The van der Waals surface area contributed by atoms with Crippen LogP contribution >= 0.6 is 0 Å². The third-order valence-electron chi connectivity index (χ3n) is 4.11. The van der Waals surface area contributed by atoms with E-state index < -0.39 is 0 Å². The highest BCUT2D eigenvalue weighted by molar-refractivity contribution is 6.14. The van der Waals surface area contributed by atoms with Gasteiger partial charge in [-0.2, -0.15) is 0 Å². The number of allylic oxidation sites excluding steroid dienone is 3. The van der Waals surface area contributed by atoms with E-state index in [1.54, 1.807) is 42.8 Å². The summed E-state index contributed by atoms with van der Waals surface area (Å²) in [6, 6.07) is 5.21. The van der Waals surface area contributed by atoms with Crippen molar-refractivity contribution in [2.24, 2.45) is 10.9 Å². The van der Waals surface area contributed by atoms with E-state index in [0.29, 0.717) is 11.3 Å². The van der Waals surface area contributed by atoms with Crippen molar-refractivity contribution in [1.82, 2.24) is 15.3 Å².